The molecule has 0 atom stereocenters. The van der Waals surface area contributed by atoms with E-state index in [0.29, 0.717) is 0 Å². The highest BCUT2D eigenvalue weighted by Crippen LogP contribution is 2.15. The number of carbonyl (C=O) groups is 1. The molecule has 5 nitrogen and oxygen atoms in total. The number of sulfonamides is 1. The van der Waals surface area contributed by atoms with E-state index < -0.39 is 22.4 Å². The van der Waals surface area contributed by atoms with Gasteiger partial charge in [-0.3, -0.25) is 4.79 Å². The van der Waals surface area contributed by atoms with Crippen molar-refractivity contribution in [1.82, 2.24) is 4.72 Å². The third kappa shape index (κ3) is 3.46. The van der Waals surface area contributed by atoms with Crippen molar-refractivity contribution in [2.45, 2.75) is 11.3 Å². The SMILES string of the molecule is CNS(=O)(=O)c1cccc(NC(=O)C(F)F)c1. The highest BCUT2D eigenvalue weighted by Gasteiger charge is 2.16. The first-order valence-electron chi connectivity index (χ1n) is 4.49. The summed E-state index contributed by atoms with van der Waals surface area (Å²) in [6, 6.07) is 5.02. The first-order valence-corrected chi connectivity index (χ1v) is 5.98. The molecule has 17 heavy (non-hydrogen) atoms. The number of alkyl halides is 2. The largest absolute Gasteiger partial charge is 0.321 e. The molecular formula is C9H10F2N2O3S. The van der Waals surface area contributed by atoms with Crippen molar-refractivity contribution in [2.24, 2.45) is 0 Å². The predicted molar refractivity (Wildman–Crippen MR) is 57.3 cm³/mol. The lowest BCUT2D eigenvalue weighted by atomic mass is 10.3. The fourth-order valence-electron chi connectivity index (χ4n) is 1.06. The van der Waals surface area contributed by atoms with Gasteiger partial charge >= 0.3 is 6.43 Å². The van der Waals surface area contributed by atoms with E-state index in [4.69, 9.17) is 0 Å². The number of hydrogen-bond donors (Lipinski definition) is 2. The molecule has 0 aromatic heterocycles. The molecule has 0 radical (unpaired) electrons. The van der Waals surface area contributed by atoms with E-state index in [9.17, 15) is 22.0 Å². The summed E-state index contributed by atoms with van der Waals surface area (Å²) in [6.07, 6.45) is -3.15. The zero-order valence-electron chi connectivity index (χ0n) is 8.78. The molecule has 1 amide bonds. The average Bonchev–Trinajstić information content (AvgIpc) is 2.29. The molecule has 0 heterocycles. The van der Waals surface area contributed by atoms with Gasteiger partial charge in [0, 0.05) is 5.69 Å². The quantitative estimate of drug-likeness (QED) is 0.844. The highest BCUT2D eigenvalue weighted by atomic mass is 32.2. The van der Waals surface area contributed by atoms with Crippen molar-refractivity contribution < 1.29 is 22.0 Å². The van der Waals surface area contributed by atoms with Crippen LogP contribution in [0.4, 0.5) is 14.5 Å². The van der Waals surface area contributed by atoms with Gasteiger partial charge in [0.25, 0.3) is 5.91 Å². The maximum absolute atomic E-state index is 12.0. The topological polar surface area (TPSA) is 75.3 Å². The van der Waals surface area contributed by atoms with Crippen LogP contribution in [-0.4, -0.2) is 27.8 Å². The zero-order valence-corrected chi connectivity index (χ0v) is 9.59. The number of anilines is 1. The second kappa shape index (κ2) is 5.19. The van der Waals surface area contributed by atoms with Crippen molar-refractivity contribution >= 4 is 21.6 Å². The fourth-order valence-corrected chi connectivity index (χ4v) is 1.83. The van der Waals surface area contributed by atoms with Crippen LogP contribution in [0.15, 0.2) is 29.2 Å². The minimum absolute atomic E-state index is 0.00775. The predicted octanol–water partition coefficient (Wildman–Crippen LogP) is 0.798. The van der Waals surface area contributed by atoms with Gasteiger partial charge in [0.2, 0.25) is 10.0 Å². The number of rotatable bonds is 4. The Hall–Kier alpha value is -1.54. The van der Waals surface area contributed by atoms with E-state index in [1.807, 2.05) is 5.32 Å². The number of benzene rings is 1. The van der Waals surface area contributed by atoms with Gasteiger partial charge in [-0.2, -0.15) is 8.78 Å². The summed E-state index contributed by atoms with van der Waals surface area (Å²) in [5.74, 6) is -1.48. The van der Waals surface area contributed by atoms with Gasteiger partial charge in [0.1, 0.15) is 0 Å². The second-order valence-corrected chi connectivity index (χ2v) is 4.91. The van der Waals surface area contributed by atoms with Gasteiger partial charge in [-0.15, -0.1) is 0 Å². The third-order valence-electron chi connectivity index (χ3n) is 1.88. The number of carbonyl (C=O) groups excluding carboxylic acids is 1. The molecule has 94 valence electrons. The van der Waals surface area contributed by atoms with E-state index in [-0.39, 0.29) is 10.6 Å². The molecule has 0 saturated heterocycles. The molecule has 0 aliphatic carbocycles. The van der Waals surface area contributed by atoms with Gasteiger partial charge in [-0.1, -0.05) is 6.07 Å². The standard InChI is InChI=1S/C9H10F2N2O3S/c1-12-17(15,16)7-4-2-3-6(5-7)13-9(14)8(10)11/h2-5,8,12H,1H3,(H,13,14). The van der Waals surface area contributed by atoms with E-state index >= 15 is 0 Å². The van der Waals surface area contributed by atoms with Crippen LogP contribution < -0.4 is 10.0 Å². The monoisotopic (exact) mass is 264 g/mol. The molecule has 0 aliphatic heterocycles. The molecule has 0 fully saturated rings. The molecule has 8 heteroatoms. The van der Waals surface area contributed by atoms with Crippen molar-refractivity contribution in [3.63, 3.8) is 0 Å². The summed E-state index contributed by atoms with van der Waals surface area (Å²) in [6.45, 7) is 0. The minimum Gasteiger partial charge on any atom is -0.321 e. The van der Waals surface area contributed by atoms with Crippen molar-refractivity contribution in [1.29, 1.82) is 0 Å². The molecule has 1 aromatic carbocycles. The van der Waals surface area contributed by atoms with Gasteiger partial charge < -0.3 is 5.32 Å². The summed E-state index contributed by atoms with van der Waals surface area (Å²) < 4.78 is 48.8. The average molecular weight is 264 g/mol. The first-order chi connectivity index (χ1) is 7.86. The smallest absolute Gasteiger partial charge is 0.315 e. The lowest BCUT2D eigenvalue weighted by molar-refractivity contribution is -0.126. The molecule has 0 spiro atoms. The van der Waals surface area contributed by atoms with Crippen LogP contribution in [0.25, 0.3) is 0 Å². The number of nitrogens with one attached hydrogen (secondary N) is 2. The molecule has 2 N–H and O–H groups in total. The Morgan fingerprint density at radius 3 is 2.53 bits per heavy atom. The van der Waals surface area contributed by atoms with E-state index in [1.54, 1.807) is 0 Å². The summed E-state index contributed by atoms with van der Waals surface area (Å²) in [4.78, 5) is 10.6. The molecule has 0 bridgehead atoms. The van der Waals surface area contributed by atoms with Crippen LogP contribution in [-0.2, 0) is 14.8 Å². The van der Waals surface area contributed by atoms with E-state index in [2.05, 4.69) is 4.72 Å². The Balaban J connectivity index is 2.99. The fraction of sp³-hybridized carbons (Fsp3) is 0.222. The Kier molecular flexibility index (Phi) is 4.13. The Morgan fingerprint density at radius 1 is 1.35 bits per heavy atom. The maximum atomic E-state index is 12.0. The molecule has 0 saturated carbocycles. The molecule has 1 rings (SSSR count). The number of halogens is 2. The second-order valence-electron chi connectivity index (χ2n) is 3.03. The van der Waals surface area contributed by atoms with Crippen molar-refractivity contribution in [3.8, 4) is 0 Å². The Morgan fingerprint density at radius 2 is 2.00 bits per heavy atom. The minimum atomic E-state index is -3.67. The van der Waals surface area contributed by atoms with E-state index in [1.165, 1.54) is 25.2 Å². The Bertz CT molecular complexity index is 517. The van der Waals surface area contributed by atoms with Crippen LogP contribution in [0.1, 0.15) is 0 Å². The van der Waals surface area contributed by atoms with Crippen LogP contribution in [0.5, 0.6) is 0 Å². The van der Waals surface area contributed by atoms with Crippen molar-refractivity contribution in [3.05, 3.63) is 24.3 Å². The van der Waals surface area contributed by atoms with E-state index in [0.717, 1.165) is 6.07 Å². The van der Waals surface area contributed by atoms with Gasteiger partial charge in [-0.05, 0) is 25.2 Å². The van der Waals surface area contributed by atoms with Crippen LogP contribution in [0.3, 0.4) is 0 Å². The molecular weight excluding hydrogens is 254 g/mol. The molecule has 0 unspecified atom stereocenters. The third-order valence-corrected chi connectivity index (χ3v) is 3.29. The first kappa shape index (κ1) is 13.5. The van der Waals surface area contributed by atoms with Gasteiger partial charge in [0.15, 0.2) is 0 Å². The lowest BCUT2D eigenvalue weighted by Gasteiger charge is -2.07. The van der Waals surface area contributed by atoms with Crippen molar-refractivity contribution in [2.75, 3.05) is 12.4 Å². The maximum Gasteiger partial charge on any atom is 0.315 e. The summed E-state index contributed by atoms with van der Waals surface area (Å²) in [7, 11) is -2.44. The normalized spacial score (nSPS) is 11.5. The summed E-state index contributed by atoms with van der Waals surface area (Å²) in [5.41, 5.74) is -0.00775. The van der Waals surface area contributed by atoms with Gasteiger partial charge in [-0.25, -0.2) is 13.1 Å². The molecule has 1 aromatic rings. The zero-order chi connectivity index (χ0) is 13.1. The lowest BCUT2D eigenvalue weighted by Crippen LogP contribution is -2.21. The van der Waals surface area contributed by atoms with Gasteiger partial charge in [0.05, 0.1) is 4.90 Å². The summed E-state index contributed by atoms with van der Waals surface area (Å²) >= 11 is 0. The van der Waals surface area contributed by atoms with Crippen LogP contribution in [0, 0.1) is 0 Å². The highest BCUT2D eigenvalue weighted by molar-refractivity contribution is 7.89. The van der Waals surface area contributed by atoms with Crippen LogP contribution in [0.2, 0.25) is 0 Å². The molecule has 0 aliphatic rings. The Labute approximate surface area is 96.9 Å². The number of hydrogen-bond acceptors (Lipinski definition) is 3. The van der Waals surface area contributed by atoms with Crippen LogP contribution >= 0.6 is 0 Å². The summed E-state index contributed by atoms with van der Waals surface area (Å²) in [5, 5.41) is 1.90. The number of amides is 1.